The minimum atomic E-state index is -1.46. The molecule has 4 heteroatoms. The van der Waals surface area contributed by atoms with E-state index in [4.69, 9.17) is 0 Å². The molecule has 0 aliphatic carbocycles. The second-order valence-corrected chi connectivity index (χ2v) is 4.16. The smallest absolute Gasteiger partial charge is 0.261 e. The van der Waals surface area contributed by atoms with Crippen molar-refractivity contribution < 1.29 is 14.7 Å². The van der Waals surface area contributed by atoms with E-state index in [-0.39, 0.29) is 11.8 Å². The number of likely N-dealkylation sites (N-methyl/N-ethyl adjacent to an activating group) is 1. The summed E-state index contributed by atoms with van der Waals surface area (Å²) in [5, 5.41) is 10.2. The number of carbonyl (C=O) groups is 2. The quantitative estimate of drug-likeness (QED) is 0.679. The van der Waals surface area contributed by atoms with E-state index < -0.39 is 11.5 Å². The van der Waals surface area contributed by atoms with Gasteiger partial charge in [-0.15, -0.1) is 0 Å². The third kappa shape index (κ3) is 2.12. The van der Waals surface area contributed by atoms with Crippen LogP contribution in [-0.2, 0) is 9.59 Å². The van der Waals surface area contributed by atoms with E-state index in [1.807, 2.05) is 0 Å². The lowest BCUT2D eigenvalue weighted by molar-refractivity contribution is -0.162. The van der Waals surface area contributed by atoms with Gasteiger partial charge in [0.25, 0.3) is 5.91 Å². The molecule has 0 aliphatic heterocycles. The predicted molar refractivity (Wildman–Crippen MR) is 53.5 cm³/mol. The third-order valence-corrected chi connectivity index (χ3v) is 2.58. The number of aliphatic hydroxyl groups is 1. The van der Waals surface area contributed by atoms with Gasteiger partial charge in [-0.05, 0) is 11.8 Å². The van der Waals surface area contributed by atoms with Gasteiger partial charge in [0.2, 0.25) is 6.41 Å². The molecule has 82 valence electrons. The Morgan fingerprint density at radius 1 is 1.29 bits per heavy atom. The Morgan fingerprint density at radius 2 is 1.64 bits per heavy atom. The van der Waals surface area contributed by atoms with E-state index in [1.54, 1.807) is 27.7 Å². The zero-order chi connectivity index (χ0) is 11.5. The molecule has 0 atom stereocenters. The van der Waals surface area contributed by atoms with Crippen molar-refractivity contribution in [2.24, 2.45) is 11.8 Å². The molecule has 0 spiro atoms. The van der Waals surface area contributed by atoms with Crippen molar-refractivity contribution in [1.82, 2.24) is 4.90 Å². The SMILES string of the molecule is CC(C)C(O)(C(=O)N(C)C=O)C(C)C. The normalized spacial score (nSPS) is 12.0. The van der Waals surface area contributed by atoms with Gasteiger partial charge in [0.1, 0.15) is 5.60 Å². The molecule has 0 radical (unpaired) electrons. The number of carbonyl (C=O) groups excluding carboxylic acids is 2. The average molecular weight is 201 g/mol. The largest absolute Gasteiger partial charge is 0.379 e. The Balaban J connectivity index is 5.02. The second-order valence-electron chi connectivity index (χ2n) is 4.16. The molecule has 0 saturated carbocycles. The lowest BCUT2D eigenvalue weighted by Gasteiger charge is -2.35. The van der Waals surface area contributed by atoms with Crippen molar-refractivity contribution in [3.05, 3.63) is 0 Å². The number of rotatable bonds is 4. The van der Waals surface area contributed by atoms with Gasteiger partial charge in [-0.2, -0.15) is 0 Å². The maximum absolute atomic E-state index is 11.7. The molecule has 0 unspecified atom stereocenters. The molecule has 0 aromatic rings. The van der Waals surface area contributed by atoms with E-state index in [9.17, 15) is 14.7 Å². The molecule has 0 saturated heterocycles. The van der Waals surface area contributed by atoms with E-state index >= 15 is 0 Å². The Morgan fingerprint density at radius 3 is 1.86 bits per heavy atom. The van der Waals surface area contributed by atoms with Crippen LogP contribution >= 0.6 is 0 Å². The highest BCUT2D eigenvalue weighted by molar-refractivity contribution is 5.92. The highest BCUT2D eigenvalue weighted by atomic mass is 16.3. The lowest BCUT2D eigenvalue weighted by atomic mass is 9.79. The van der Waals surface area contributed by atoms with Crippen molar-refractivity contribution in [3.8, 4) is 0 Å². The first kappa shape index (κ1) is 13.1. The van der Waals surface area contributed by atoms with Crippen LogP contribution in [0.4, 0.5) is 0 Å². The fourth-order valence-electron chi connectivity index (χ4n) is 1.49. The van der Waals surface area contributed by atoms with Crippen LogP contribution < -0.4 is 0 Å². The molecule has 0 aromatic heterocycles. The predicted octanol–water partition coefficient (Wildman–Crippen LogP) is 0.644. The highest BCUT2D eigenvalue weighted by Crippen LogP contribution is 2.27. The summed E-state index contributed by atoms with van der Waals surface area (Å²) >= 11 is 0. The molecule has 0 rings (SSSR count). The van der Waals surface area contributed by atoms with Crippen LogP contribution in [0.1, 0.15) is 27.7 Å². The minimum absolute atomic E-state index is 0.225. The topological polar surface area (TPSA) is 57.6 Å². The van der Waals surface area contributed by atoms with Gasteiger partial charge in [0.05, 0.1) is 0 Å². The zero-order valence-electron chi connectivity index (χ0n) is 9.44. The summed E-state index contributed by atoms with van der Waals surface area (Å²) in [5.41, 5.74) is -1.46. The maximum Gasteiger partial charge on any atom is 0.261 e. The summed E-state index contributed by atoms with van der Waals surface area (Å²) in [5.74, 6) is -0.993. The van der Waals surface area contributed by atoms with Crippen molar-refractivity contribution in [2.45, 2.75) is 33.3 Å². The fraction of sp³-hybridized carbons (Fsp3) is 0.800. The first-order chi connectivity index (χ1) is 6.28. The van der Waals surface area contributed by atoms with E-state index in [0.29, 0.717) is 6.41 Å². The maximum atomic E-state index is 11.7. The van der Waals surface area contributed by atoms with Gasteiger partial charge >= 0.3 is 0 Å². The summed E-state index contributed by atoms with van der Waals surface area (Å²) in [6, 6.07) is 0. The highest BCUT2D eigenvalue weighted by Gasteiger charge is 2.43. The summed E-state index contributed by atoms with van der Waals surface area (Å²) in [6.45, 7) is 7.04. The van der Waals surface area contributed by atoms with Gasteiger partial charge in [0.15, 0.2) is 0 Å². The van der Waals surface area contributed by atoms with Gasteiger partial charge in [-0.1, -0.05) is 27.7 Å². The van der Waals surface area contributed by atoms with Gasteiger partial charge < -0.3 is 5.11 Å². The molecule has 0 aromatic carbocycles. The van der Waals surface area contributed by atoms with E-state index in [2.05, 4.69) is 0 Å². The van der Waals surface area contributed by atoms with Crippen LogP contribution in [0, 0.1) is 11.8 Å². The van der Waals surface area contributed by atoms with E-state index in [1.165, 1.54) is 7.05 Å². The molecule has 1 N–H and O–H groups in total. The third-order valence-electron chi connectivity index (χ3n) is 2.58. The van der Waals surface area contributed by atoms with Gasteiger partial charge in [0, 0.05) is 7.05 Å². The molecule has 4 nitrogen and oxygen atoms in total. The van der Waals surface area contributed by atoms with E-state index in [0.717, 1.165) is 4.90 Å². The lowest BCUT2D eigenvalue weighted by Crippen LogP contribution is -2.54. The molecule has 2 amide bonds. The summed E-state index contributed by atoms with van der Waals surface area (Å²) in [6.07, 6.45) is 0.415. The first-order valence-electron chi connectivity index (χ1n) is 4.73. The number of amides is 2. The van der Waals surface area contributed by atoms with Crippen LogP contribution in [0.15, 0.2) is 0 Å². The number of hydrogen-bond donors (Lipinski definition) is 1. The van der Waals surface area contributed by atoms with Crippen molar-refractivity contribution in [1.29, 1.82) is 0 Å². The molecule has 0 bridgehead atoms. The molecular formula is C10H19NO3. The van der Waals surface area contributed by atoms with Crippen molar-refractivity contribution >= 4 is 12.3 Å². The van der Waals surface area contributed by atoms with Crippen LogP contribution in [0.2, 0.25) is 0 Å². The van der Waals surface area contributed by atoms with Crippen LogP contribution in [0.3, 0.4) is 0 Å². The monoisotopic (exact) mass is 201 g/mol. The standard InChI is InChI=1S/C10H19NO3/c1-7(2)10(14,8(3)4)9(13)11(5)6-12/h6-8,14H,1-5H3. The molecule has 0 aliphatic rings. The molecule has 0 fully saturated rings. The Labute approximate surface area is 84.9 Å². The Bertz CT molecular complexity index is 215. The summed E-state index contributed by atoms with van der Waals surface area (Å²) in [4.78, 5) is 23.0. The molecule has 0 heterocycles. The van der Waals surface area contributed by atoms with Crippen molar-refractivity contribution in [2.75, 3.05) is 7.05 Å². The Kier molecular flexibility index (Phi) is 4.26. The fourth-order valence-corrected chi connectivity index (χ4v) is 1.49. The van der Waals surface area contributed by atoms with Gasteiger partial charge in [-0.25, -0.2) is 0 Å². The molecular weight excluding hydrogens is 182 g/mol. The number of imide groups is 1. The first-order valence-corrected chi connectivity index (χ1v) is 4.73. The Hall–Kier alpha value is -0.900. The van der Waals surface area contributed by atoms with Gasteiger partial charge in [-0.3, -0.25) is 14.5 Å². The van der Waals surface area contributed by atoms with Crippen molar-refractivity contribution in [3.63, 3.8) is 0 Å². The summed E-state index contributed by atoms with van der Waals surface area (Å²) in [7, 11) is 1.35. The van der Waals surface area contributed by atoms with Crippen LogP contribution in [-0.4, -0.2) is 35.0 Å². The number of hydrogen-bond acceptors (Lipinski definition) is 3. The van der Waals surface area contributed by atoms with Crippen LogP contribution in [0.25, 0.3) is 0 Å². The number of nitrogens with zero attached hydrogens (tertiary/aromatic N) is 1. The minimum Gasteiger partial charge on any atom is -0.379 e. The van der Waals surface area contributed by atoms with Crippen LogP contribution in [0.5, 0.6) is 0 Å². The zero-order valence-corrected chi connectivity index (χ0v) is 9.44. The average Bonchev–Trinajstić information content (AvgIpc) is 2.13. The summed E-state index contributed by atoms with van der Waals surface area (Å²) < 4.78 is 0. The second kappa shape index (κ2) is 4.55. The molecule has 14 heavy (non-hydrogen) atoms.